The highest BCUT2D eigenvalue weighted by molar-refractivity contribution is 5.37. The van der Waals surface area contributed by atoms with Crippen LogP contribution in [0.15, 0.2) is 18.2 Å². The smallest absolute Gasteiger partial charge is 0.122 e. The van der Waals surface area contributed by atoms with Gasteiger partial charge in [-0.15, -0.1) is 0 Å². The fraction of sp³-hybridized carbons (Fsp3) is 0.625. The molecule has 2 nitrogen and oxygen atoms in total. The molecular weight excluding hydrogens is 224 g/mol. The summed E-state index contributed by atoms with van der Waals surface area (Å²) < 4.78 is 11.2. The molecule has 0 saturated carbocycles. The van der Waals surface area contributed by atoms with Gasteiger partial charge in [-0.3, -0.25) is 0 Å². The van der Waals surface area contributed by atoms with Crippen LogP contribution in [0.1, 0.15) is 51.2 Å². The first-order valence-electron chi connectivity index (χ1n) is 6.98. The zero-order chi connectivity index (χ0) is 13.4. The van der Waals surface area contributed by atoms with Gasteiger partial charge in [0.15, 0.2) is 0 Å². The van der Waals surface area contributed by atoms with Crippen LogP contribution in [-0.4, -0.2) is 13.2 Å². The Morgan fingerprint density at radius 3 is 2.56 bits per heavy atom. The van der Waals surface area contributed by atoms with E-state index in [0.29, 0.717) is 12.7 Å². The van der Waals surface area contributed by atoms with Gasteiger partial charge in [-0.25, -0.2) is 0 Å². The maximum Gasteiger partial charge on any atom is 0.122 e. The molecule has 0 saturated heterocycles. The van der Waals surface area contributed by atoms with Gasteiger partial charge in [0.05, 0.1) is 12.7 Å². The molecule has 2 heteroatoms. The van der Waals surface area contributed by atoms with E-state index in [4.69, 9.17) is 9.47 Å². The third-order valence-electron chi connectivity index (χ3n) is 2.98. The lowest BCUT2D eigenvalue weighted by Crippen LogP contribution is -2.12. The van der Waals surface area contributed by atoms with Crippen LogP contribution in [0.25, 0.3) is 0 Å². The number of benzene rings is 1. The second-order valence-electron chi connectivity index (χ2n) is 4.84. The van der Waals surface area contributed by atoms with E-state index in [2.05, 4.69) is 39.0 Å². The highest BCUT2D eigenvalue weighted by Crippen LogP contribution is 2.24. The van der Waals surface area contributed by atoms with Gasteiger partial charge >= 0.3 is 0 Å². The van der Waals surface area contributed by atoms with Crippen molar-refractivity contribution in [2.75, 3.05) is 7.11 Å². The fourth-order valence-electron chi connectivity index (χ4n) is 2.15. The van der Waals surface area contributed by atoms with Crippen molar-refractivity contribution in [2.45, 2.75) is 59.2 Å². The second kappa shape index (κ2) is 8.15. The summed E-state index contributed by atoms with van der Waals surface area (Å²) >= 11 is 0. The van der Waals surface area contributed by atoms with Gasteiger partial charge in [0, 0.05) is 7.11 Å². The minimum absolute atomic E-state index is 0.291. The highest BCUT2D eigenvalue weighted by Gasteiger charge is 2.08. The number of methoxy groups -OCH3 is 1. The lowest BCUT2D eigenvalue weighted by atomic mass is 10.1. The Hall–Kier alpha value is -1.02. The molecule has 0 aliphatic heterocycles. The van der Waals surface area contributed by atoms with Crippen LogP contribution in [0.2, 0.25) is 0 Å². The van der Waals surface area contributed by atoms with Crippen molar-refractivity contribution in [1.29, 1.82) is 0 Å². The Labute approximate surface area is 111 Å². The summed E-state index contributed by atoms with van der Waals surface area (Å²) in [5.41, 5.74) is 2.52. The number of hydrogen-bond acceptors (Lipinski definition) is 2. The molecule has 0 heterocycles. The van der Waals surface area contributed by atoms with Gasteiger partial charge in [-0.05, 0) is 43.0 Å². The van der Waals surface area contributed by atoms with Crippen molar-refractivity contribution in [3.05, 3.63) is 29.3 Å². The van der Waals surface area contributed by atoms with E-state index >= 15 is 0 Å². The molecule has 1 aromatic carbocycles. The second-order valence-corrected chi connectivity index (χ2v) is 4.84. The largest absolute Gasteiger partial charge is 0.490 e. The maximum atomic E-state index is 6.03. The first-order chi connectivity index (χ1) is 8.71. The Kier molecular flexibility index (Phi) is 6.81. The van der Waals surface area contributed by atoms with E-state index in [-0.39, 0.29) is 0 Å². The van der Waals surface area contributed by atoms with Crippen molar-refractivity contribution in [1.82, 2.24) is 0 Å². The normalized spacial score (nSPS) is 12.4. The molecule has 1 rings (SSSR count). The van der Waals surface area contributed by atoms with Crippen LogP contribution in [-0.2, 0) is 17.8 Å². The standard InChI is InChI=1S/C16H26O2/c1-5-7-13(3)18-16-10-9-14(12-17-4)11-15(16)8-6-2/h9-11,13H,5-8,12H2,1-4H3. The molecular formula is C16H26O2. The van der Waals surface area contributed by atoms with Crippen LogP contribution < -0.4 is 4.74 Å². The van der Waals surface area contributed by atoms with Crippen LogP contribution in [0.5, 0.6) is 5.75 Å². The summed E-state index contributed by atoms with van der Waals surface area (Å²) in [6.07, 6.45) is 4.75. The van der Waals surface area contributed by atoms with Gasteiger partial charge in [0.1, 0.15) is 5.75 Å². The van der Waals surface area contributed by atoms with Gasteiger partial charge in [0.2, 0.25) is 0 Å². The average Bonchev–Trinajstić information content (AvgIpc) is 2.33. The molecule has 0 spiro atoms. The molecule has 102 valence electrons. The maximum absolute atomic E-state index is 6.03. The van der Waals surface area contributed by atoms with Crippen LogP contribution in [0, 0.1) is 0 Å². The average molecular weight is 250 g/mol. The number of ether oxygens (including phenoxy) is 2. The third kappa shape index (κ3) is 4.69. The summed E-state index contributed by atoms with van der Waals surface area (Å²) in [5, 5.41) is 0. The van der Waals surface area contributed by atoms with Crippen LogP contribution in [0.3, 0.4) is 0 Å². The molecule has 0 amide bonds. The lowest BCUT2D eigenvalue weighted by Gasteiger charge is -2.17. The number of hydrogen-bond donors (Lipinski definition) is 0. The van der Waals surface area contributed by atoms with E-state index < -0.39 is 0 Å². The molecule has 0 fully saturated rings. The SMILES string of the molecule is CCCc1cc(COC)ccc1OC(C)CCC. The molecule has 0 aliphatic rings. The van der Waals surface area contributed by atoms with Crippen molar-refractivity contribution in [2.24, 2.45) is 0 Å². The Balaban J connectivity index is 2.81. The molecule has 1 unspecified atom stereocenters. The highest BCUT2D eigenvalue weighted by atomic mass is 16.5. The van der Waals surface area contributed by atoms with E-state index in [1.807, 2.05) is 0 Å². The van der Waals surface area contributed by atoms with Gasteiger partial charge < -0.3 is 9.47 Å². The van der Waals surface area contributed by atoms with Crippen LogP contribution >= 0.6 is 0 Å². The first kappa shape index (κ1) is 15.0. The Bertz CT molecular complexity index is 347. The minimum Gasteiger partial charge on any atom is -0.490 e. The van der Waals surface area contributed by atoms with Crippen molar-refractivity contribution >= 4 is 0 Å². The molecule has 1 atom stereocenters. The van der Waals surface area contributed by atoms with Crippen molar-refractivity contribution in [3.8, 4) is 5.75 Å². The predicted octanol–water partition coefficient (Wildman–Crippen LogP) is 4.35. The fourth-order valence-corrected chi connectivity index (χ4v) is 2.15. The molecule has 0 aliphatic carbocycles. The molecule has 0 bridgehead atoms. The van der Waals surface area contributed by atoms with Gasteiger partial charge in [-0.1, -0.05) is 32.8 Å². The Morgan fingerprint density at radius 1 is 1.17 bits per heavy atom. The van der Waals surface area contributed by atoms with E-state index in [9.17, 15) is 0 Å². The van der Waals surface area contributed by atoms with Crippen LogP contribution in [0.4, 0.5) is 0 Å². The lowest BCUT2D eigenvalue weighted by molar-refractivity contribution is 0.184. The number of rotatable bonds is 8. The number of aryl methyl sites for hydroxylation is 1. The molecule has 0 aromatic heterocycles. The first-order valence-corrected chi connectivity index (χ1v) is 6.98. The predicted molar refractivity (Wildman–Crippen MR) is 76.1 cm³/mol. The Morgan fingerprint density at radius 2 is 1.94 bits per heavy atom. The van der Waals surface area contributed by atoms with E-state index in [1.165, 1.54) is 11.1 Å². The molecule has 18 heavy (non-hydrogen) atoms. The molecule has 0 N–H and O–H groups in total. The monoisotopic (exact) mass is 250 g/mol. The zero-order valence-electron chi connectivity index (χ0n) is 12.2. The summed E-state index contributed by atoms with van der Waals surface area (Å²) in [6, 6.07) is 6.39. The summed E-state index contributed by atoms with van der Waals surface area (Å²) in [5.74, 6) is 1.04. The summed E-state index contributed by atoms with van der Waals surface area (Å²) in [4.78, 5) is 0. The van der Waals surface area contributed by atoms with Crippen molar-refractivity contribution in [3.63, 3.8) is 0 Å². The quantitative estimate of drug-likeness (QED) is 0.682. The summed E-state index contributed by atoms with van der Waals surface area (Å²) in [6.45, 7) is 7.19. The third-order valence-corrected chi connectivity index (χ3v) is 2.98. The van der Waals surface area contributed by atoms with E-state index in [1.54, 1.807) is 7.11 Å². The molecule has 0 radical (unpaired) electrons. The van der Waals surface area contributed by atoms with Gasteiger partial charge in [0.25, 0.3) is 0 Å². The zero-order valence-corrected chi connectivity index (χ0v) is 12.2. The van der Waals surface area contributed by atoms with E-state index in [0.717, 1.165) is 31.4 Å². The minimum atomic E-state index is 0.291. The summed E-state index contributed by atoms with van der Waals surface area (Å²) in [7, 11) is 1.73. The molecule has 1 aromatic rings. The topological polar surface area (TPSA) is 18.5 Å². The van der Waals surface area contributed by atoms with Crippen molar-refractivity contribution < 1.29 is 9.47 Å². The van der Waals surface area contributed by atoms with Gasteiger partial charge in [-0.2, -0.15) is 0 Å².